The van der Waals surface area contributed by atoms with Gasteiger partial charge in [0.05, 0.1) is 6.21 Å². The van der Waals surface area contributed by atoms with Crippen LogP contribution in [0.15, 0.2) is 29.4 Å². The van der Waals surface area contributed by atoms with E-state index in [2.05, 4.69) is 35.8 Å². The Morgan fingerprint density at radius 1 is 1.30 bits per heavy atom. The first kappa shape index (κ1) is 15.0. The minimum Gasteiger partial charge on any atom is -0.358 e. The van der Waals surface area contributed by atoms with Crippen molar-refractivity contribution in [1.29, 1.82) is 0 Å². The maximum absolute atomic E-state index is 5.30. The molecule has 1 aliphatic rings. The zero-order chi connectivity index (χ0) is 14.4. The predicted molar refractivity (Wildman–Crippen MR) is 89.1 cm³/mol. The molecule has 3 nitrogen and oxygen atoms in total. The van der Waals surface area contributed by atoms with Gasteiger partial charge < -0.3 is 5.32 Å². The van der Waals surface area contributed by atoms with Crippen LogP contribution in [0.4, 0.5) is 0 Å². The summed E-state index contributed by atoms with van der Waals surface area (Å²) in [5.74, 6) is 0.684. The summed E-state index contributed by atoms with van der Waals surface area (Å²) < 4.78 is 0. The van der Waals surface area contributed by atoms with Crippen molar-refractivity contribution < 1.29 is 0 Å². The molecule has 0 radical (unpaired) electrons. The van der Waals surface area contributed by atoms with E-state index in [0.717, 1.165) is 5.56 Å². The normalized spacial score (nSPS) is 22.7. The van der Waals surface area contributed by atoms with Crippen LogP contribution in [-0.4, -0.2) is 17.4 Å². The van der Waals surface area contributed by atoms with Crippen LogP contribution in [-0.2, 0) is 0 Å². The van der Waals surface area contributed by atoms with Crippen LogP contribution in [0.3, 0.4) is 0 Å². The fourth-order valence-electron chi connectivity index (χ4n) is 2.62. The van der Waals surface area contributed by atoms with Gasteiger partial charge in [-0.15, -0.1) is 0 Å². The lowest BCUT2D eigenvalue weighted by Crippen LogP contribution is -2.44. The van der Waals surface area contributed by atoms with Gasteiger partial charge in [-0.05, 0) is 49.0 Å². The van der Waals surface area contributed by atoms with Crippen molar-refractivity contribution in [2.45, 2.75) is 45.6 Å². The predicted octanol–water partition coefficient (Wildman–Crippen LogP) is 3.37. The van der Waals surface area contributed by atoms with Crippen molar-refractivity contribution in [1.82, 2.24) is 10.7 Å². The van der Waals surface area contributed by atoms with E-state index in [1.807, 2.05) is 24.4 Å². The van der Waals surface area contributed by atoms with Crippen LogP contribution in [0.5, 0.6) is 0 Å². The van der Waals surface area contributed by atoms with Gasteiger partial charge in [0, 0.05) is 6.04 Å². The summed E-state index contributed by atoms with van der Waals surface area (Å²) >= 11 is 5.30. The Labute approximate surface area is 126 Å². The van der Waals surface area contributed by atoms with Gasteiger partial charge in [-0.2, -0.15) is 5.10 Å². The quantitative estimate of drug-likeness (QED) is 0.509. The molecule has 2 N–H and O–H groups in total. The molecule has 0 unspecified atom stereocenters. The summed E-state index contributed by atoms with van der Waals surface area (Å²) in [4.78, 5) is 0. The summed E-state index contributed by atoms with van der Waals surface area (Å²) in [6.45, 7) is 4.36. The standard InChI is InChI=1S/C16H23N3S/c1-12-7-3-5-9-14(12)11-17-19-16(20)18-15-10-6-4-8-13(15)2/h3,5,7,9,11,13,15H,4,6,8,10H2,1-2H3,(H2,18,19,20)/b17-11-/t13-,15+/m0/s1. The third-order valence-electron chi connectivity index (χ3n) is 3.99. The van der Waals surface area contributed by atoms with Crippen molar-refractivity contribution in [2.24, 2.45) is 11.0 Å². The number of hydrogen-bond donors (Lipinski definition) is 2. The van der Waals surface area contributed by atoms with Gasteiger partial charge in [0.1, 0.15) is 0 Å². The molecular formula is C16H23N3S. The molecule has 1 aliphatic carbocycles. The Hall–Kier alpha value is -1.42. The number of rotatable bonds is 3. The number of nitrogens with one attached hydrogen (secondary N) is 2. The highest BCUT2D eigenvalue weighted by Gasteiger charge is 2.21. The Morgan fingerprint density at radius 3 is 2.80 bits per heavy atom. The van der Waals surface area contributed by atoms with Gasteiger partial charge in [-0.25, -0.2) is 0 Å². The van der Waals surface area contributed by atoms with Crippen molar-refractivity contribution in [3.05, 3.63) is 35.4 Å². The Bertz CT molecular complexity index is 484. The first-order valence-corrected chi connectivity index (χ1v) is 7.73. The Balaban J connectivity index is 1.81. The zero-order valence-electron chi connectivity index (χ0n) is 12.2. The fraction of sp³-hybridized carbons (Fsp3) is 0.500. The molecule has 1 saturated carbocycles. The number of hydrazone groups is 1. The van der Waals surface area contributed by atoms with Crippen LogP contribution in [0, 0.1) is 12.8 Å². The molecule has 20 heavy (non-hydrogen) atoms. The largest absolute Gasteiger partial charge is 0.358 e. The first-order valence-electron chi connectivity index (χ1n) is 7.32. The number of aryl methyl sites for hydroxylation is 1. The second kappa shape index (κ2) is 7.39. The van der Waals surface area contributed by atoms with E-state index in [1.165, 1.54) is 31.2 Å². The van der Waals surface area contributed by atoms with Gasteiger partial charge in [0.25, 0.3) is 0 Å². The maximum atomic E-state index is 5.30. The van der Waals surface area contributed by atoms with Gasteiger partial charge in [-0.3, -0.25) is 5.43 Å². The molecule has 1 aromatic rings. The molecule has 0 amide bonds. The van der Waals surface area contributed by atoms with E-state index >= 15 is 0 Å². The highest BCUT2D eigenvalue weighted by Crippen LogP contribution is 2.23. The summed E-state index contributed by atoms with van der Waals surface area (Å²) in [5, 5.41) is 8.21. The summed E-state index contributed by atoms with van der Waals surface area (Å²) in [7, 11) is 0. The maximum Gasteiger partial charge on any atom is 0.187 e. The second-order valence-corrected chi connectivity index (χ2v) is 5.98. The highest BCUT2D eigenvalue weighted by molar-refractivity contribution is 7.80. The van der Waals surface area contributed by atoms with E-state index in [0.29, 0.717) is 17.1 Å². The molecule has 0 bridgehead atoms. The van der Waals surface area contributed by atoms with Gasteiger partial charge >= 0.3 is 0 Å². The minimum atomic E-state index is 0.484. The molecule has 0 saturated heterocycles. The van der Waals surface area contributed by atoms with Crippen LogP contribution in [0.1, 0.15) is 43.7 Å². The Morgan fingerprint density at radius 2 is 2.05 bits per heavy atom. The molecule has 4 heteroatoms. The fourth-order valence-corrected chi connectivity index (χ4v) is 2.83. The average Bonchev–Trinajstić information content (AvgIpc) is 2.43. The average molecular weight is 289 g/mol. The minimum absolute atomic E-state index is 0.484. The van der Waals surface area contributed by atoms with Crippen molar-refractivity contribution in [3.63, 3.8) is 0 Å². The molecule has 1 fully saturated rings. The third-order valence-corrected chi connectivity index (χ3v) is 4.20. The molecule has 0 heterocycles. The zero-order valence-corrected chi connectivity index (χ0v) is 13.0. The summed E-state index contributed by atoms with van der Waals surface area (Å²) in [5.41, 5.74) is 5.23. The highest BCUT2D eigenvalue weighted by atomic mass is 32.1. The Kier molecular flexibility index (Phi) is 5.53. The monoisotopic (exact) mass is 289 g/mol. The molecule has 2 rings (SSSR count). The number of thiocarbonyl (C=S) groups is 1. The molecule has 2 atom stereocenters. The lowest BCUT2D eigenvalue weighted by Gasteiger charge is -2.30. The van der Waals surface area contributed by atoms with Crippen LogP contribution in [0.2, 0.25) is 0 Å². The van der Waals surface area contributed by atoms with E-state index < -0.39 is 0 Å². The molecule has 108 valence electrons. The van der Waals surface area contributed by atoms with Gasteiger partial charge in [-0.1, -0.05) is 44.0 Å². The summed E-state index contributed by atoms with van der Waals surface area (Å²) in [6, 6.07) is 8.63. The number of hydrogen-bond acceptors (Lipinski definition) is 2. The third kappa shape index (κ3) is 4.30. The van der Waals surface area contributed by atoms with E-state index in [1.54, 1.807) is 0 Å². The van der Waals surface area contributed by atoms with Crippen LogP contribution in [0.25, 0.3) is 0 Å². The van der Waals surface area contributed by atoms with Gasteiger partial charge in [0.15, 0.2) is 5.11 Å². The molecule has 0 aromatic heterocycles. The molecule has 0 spiro atoms. The number of nitrogens with zero attached hydrogens (tertiary/aromatic N) is 1. The summed E-state index contributed by atoms with van der Waals surface area (Å²) in [6.07, 6.45) is 6.92. The van der Waals surface area contributed by atoms with Crippen LogP contribution >= 0.6 is 12.2 Å². The topological polar surface area (TPSA) is 36.4 Å². The second-order valence-electron chi connectivity index (χ2n) is 5.57. The lowest BCUT2D eigenvalue weighted by molar-refractivity contribution is 0.308. The van der Waals surface area contributed by atoms with E-state index in [4.69, 9.17) is 12.2 Å². The van der Waals surface area contributed by atoms with Crippen molar-refractivity contribution in [3.8, 4) is 0 Å². The van der Waals surface area contributed by atoms with Crippen molar-refractivity contribution in [2.75, 3.05) is 0 Å². The van der Waals surface area contributed by atoms with E-state index in [9.17, 15) is 0 Å². The molecule has 1 aromatic carbocycles. The molecule has 0 aliphatic heterocycles. The molecular weight excluding hydrogens is 266 g/mol. The van der Waals surface area contributed by atoms with Crippen molar-refractivity contribution >= 4 is 23.5 Å². The first-order chi connectivity index (χ1) is 9.66. The number of benzene rings is 1. The van der Waals surface area contributed by atoms with Crippen LogP contribution < -0.4 is 10.7 Å². The lowest BCUT2D eigenvalue weighted by atomic mass is 9.86. The SMILES string of the molecule is Cc1ccccc1/C=N\NC(=S)N[C@@H]1CCCC[C@@H]1C. The smallest absolute Gasteiger partial charge is 0.187 e. The van der Waals surface area contributed by atoms with E-state index in [-0.39, 0.29) is 0 Å². The van der Waals surface area contributed by atoms with Gasteiger partial charge in [0.2, 0.25) is 0 Å².